The fourth-order valence-corrected chi connectivity index (χ4v) is 4.47. The summed E-state index contributed by atoms with van der Waals surface area (Å²) in [5.74, 6) is 1.81. The van der Waals surface area contributed by atoms with Gasteiger partial charge in [-0.1, -0.05) is 25.3 Å². The van der Waals surface area contributed by atoms with Crippen molar-refractivity contribution in [3.8, 4) is 28.5 Å². The summed E-state index contributed by atoms with van der Waals surface area (Å²) in [6.07, 6.45) is 10.2. The minimum Gasteiger partial charge on any atom is -0.493 e. The number of rotatable bonds is 7. The molecule has 1 heterocycles. The van der Waals surface area contributed by atoms with E-state index in [4.69, 9.17) is 19.3 Å². The molecule has 0 atom stereocenters. The lowest BCUT2D eigenvalue weighted by atomic mass is 9.99. The highest BCUT2D eigenvalue weighted by molar-refractivity contribution is 7.07. The molecule has 1 aliphatic carbocycles. The van der Waals surface area contributed by atoms with Crippen molar-refractivity contribution in [1.82, 2.24) is 4.68 Å². The second kappa shape index (κ2) is 11.0. The van der Waals surface area contributed by atoms with E-state index in [2.05, 4.69) is 17.0 Å². The van der Waals surface area contributed by atoms with Crippen LogP contribution in [0.4, 0.5) is 0 Å². The highest BCUT2D eigenvalue weighted by atomic mass is 32.1. The summed E-state index contributed by atoms with van der Waals surface area (Å²) in [7, 11) is 4.86. The van der Waals surface area contributed by atoms with Crippen molar-refractivity contribution in [3.63, 3.8) is 0 Å². The molecule has 3 rings (SSSR count). The van der Waals surface area contributed by atoms with Crippen LogP contribution in [0.25, 0.3) is 11.3 Å². The Balaban J connectivity index is 2.14. The molecule has 6 nitrogen and oxygen atoms in total. The molecule has 1 aromatic carbocycles. The summed E-state index contributed by atoms with van der Waals surface area (Å²) in [5.41, 5.74) is 3.13. The van der Waals surface area contributed by atoms with Crippen molar-refractivity contribution >= 4 is 17.0 Å². The van der Waals surface area contributed by atoms with Crippen molar-refractivity contribution < 1.29 is 14.2 Å². The van der Waals surface area contributed by atoms with Gasteiger partial charge in [-0.05, 0) is 37.8 Å². The van der Waals surface area contributed by atoms with Gasteiger partial charge in [-0.25, -0.2) is 4.68 Å². The van der Waals surface area contributed by atoms with Gasteiger partial charge in [0.05, 0.1) is 33.6 Å². The number of thiazole rings is 1. The van der Waals surface area contributed by atoms with Gasteiger partial charge in [-0.15, -0.1) is 17.9 Å². The molecule has 2 aromatic rings. The predicted molar refractivity (Wildman–Crippen MR) is 123 cm³/mol. The fraction of sp³-hybridized carbons (Fsp3) is 0.478. The quantitative estimate of drug-likeness (QED) is 0.563. The van der Waals surface area contributed by atoms with Crippen molar-refractivity contribution in [2.24, 2.45) is 10.1 Å². The van der Waals surface area contributed by atoms with Crippen molar-refractivity contribution in [1.29, 1.82) is 0 Å². The van der Waals surface area contributed by atoms with Crippen LogP contribution in [0.2, 0.25) is 0 Å². The SMILES string of the molecule is C=CCN=c1scc(-c2cc(OC)c(OC)c(OC)c2)n1N=C1CCCCCCC1. The molecule has 0 amide bonds. The van der Waals surface area contributed by atoms with Crippen LogP contribution in [0.1, 0.15) is 44.9 Å². The third-order valence-corrected chi connectivity index (χ3v) is 6.03. The lowest BCUT2D eigenvalue weighted by molar-refractivity contribution is 0.324. The molecule has 7 heteroatoms. The standard InChI is InChI=1S/C23H31N3O3S/c1-5-13-24-23-26(25-18-11-9-7-6-8-10-12-18)19(16-30-23)17-14-20(27-2)22(29-4)21(15-17)28-3/h5,14-16H,1,6-13H2,2-4H3. The van der Waals surface area contributed by atoms with Crippen molar-refractivity contribution in [3.05, 3.63) is 35.0 Å². The Hall–Kier alpha value is -2.54. The van der Waals surface area contributed by atoms with Gasteiger partial charge in [0, 0.05) is 16.7 Å². The highest BCUT2D eigenvalue weighted by Gasteiger charge is 2.17. The third-order valence-electron chi connectivity index (χ3n) is 5.17. The number of nitrogens with zero attached hydrogens (tertiary/aromatic N) is 3. The molecule has 1 aromatic heterocycles. The van der Waals surface area contributed by atoms with E-state index in [0.29, 0.717) is 23.8 Å². The Kier molecular flexibility index (Phi) is 8.13. The second-order valence-electron chi connectivity index (χ2n) is 7.19. The first-order valence-corrected chi connectivity index (χ1v) is 11.3. The summed E-state index contributed by atoms with van der Waals surface area (Å²) < 4.78 is 18.5. The number of hydrogen-bond acceptors (Lipinski definition) is 6. The van der Waals surface area contributed by atoms with Gasteiger partial charge in [0.2, 0.25) is 10.6 Å². The normalized spacial score (nSPS) is 15.3. The molecular formula is C23H31N3O3S. The van der Waals surface area contributed by atoms with Crippen LogP contribution in [0, 0.1) is 0 Å². The van der Waals surface area contributed by atoms with E-state index in [1.807, 2.05) is 16.8 Å². The largest absolute Gasteiger partial charge is 0.493 e. The predicted octanol–water partition coefficient (Wildman–Crippen LogP) is 5.28. The minimum atomic E-state index is 0.556. The van der Waals surface area contributed by atoms with Gasteiger partial charge in [0.15, 0.2) is 11.5 Å². The Morgan fingerprint density at radius 1 is 1.00 bits per heavy atom. The van der Waals surface area contributed by atoms with Crippen LogP contribution >= 0.6 is 11.3 Å². The molecule has 0 saturated heterocycles. The molecule has 1 fully saturated rings. The van der Waals surface area contributed by atoms with E-state index >= 15 is 0 Å². The van der Waals surface area contributed by atoms with Gasteiger partial charge >= 0.3 is 0 Å². The lowest BCUT2D eigenvalue weighted by Gasteiger charge is -2.15. The smallest absolute Gasteiger partial charge is 0.206 e. The molecular weight excluding hydrogens is 398 g/mol. The molecule has 1 aliphatic rings. The summed E-state index contributed by atoms with van der Waals surface area (Å²) in [6.45, 7) is 4.35. The van der Waals surface area contributed by atoms with Crippen molar-refractivity contribution in [2.75, 3.05) is 27.9 Å². The Morgan fingerprint density at radius 2 is 1.63 bits per heavy atom. The van der Waals surface area contributed by atoms with Crippen LogP contribution in [0.5, 0.6) is 17.2 Å². The lowest BCUT2D eigenvalue weighted by Crippen LogP contribution is -2.15. The van der Waals surface area contributed by atoms with Crippen LogP contribution in [-0.4, -0.2) is 38.3 Å². The van der Waals surface area contributed by atoms with E-state index in [0.717, 1.165) is 28.9 Å². The number of aromatic nitrogens is 1. The van der Waals surface area contributed by atoms with Gasteiger partial charge in [0.1, 0.15) is 0 Å². The van der Waals surface area contributed by atoms with E-state index in [-0.39, 0.29) is 0 Å². The van der Waals surface area contributed by atoms with Crippen molar-refractivity contribution in [2.45, 2.75) is 44.9 Å². The maximum atomic E-state index is 5.55. The van der Waals surface area contributed by atoms with Gasteiger partial charge < -0.3 is 14.2 Å². The van der Waals surface area contributed by atoms with Crippen LogP contribution < -0.4 is 19.0 Å². The van der Waals surface area contributed by atoms with Gasteiger partial charge in [-0.2, -0.15) is 5.10 Å². The highest BCUT2D eigenvalue weighted by Crippen LogP contribution is 2.41. The van der Waals surface area contributed by atoms with Crippen LogP contribution in [0.3, 0.4) is 0 Å². The molecule has 30 heavy (non-hydrogen) atoms. The zero-order chi connectivity index (χ0) is 21.3. The number of benzene rings is 1. The maximum absolute atomic E-state index is 5.55. The first kappa shape index (κ1) is 22.2. The van der Waals surface area contributed by atoms with E-state index in [1.165, 1.54) is 37.8 Å². The Bertz CT molecular complexity index is 924. The monoisotopic (exact) mass is 429 g/mol. The number of ether oxygens (including phenoxy) is 3. The number of hydrogen-bond donors (Lipinski definition) is 0. The average molecular weight is 430 g/mol. The van der Waals surface area contributed by atoms with E-state index in [1.54, 1.807) is 38.7 Å². The minimum absolute atomic E-state index is 0.556. The van der Waals surface area contributed by atoms with Gasteiger partial charge in [-0.3, -0.25) is 4.99 Å². The van der Waals surface area contributed by atoms with Gasteiger partial charge in [0.25, 0.3) is 0 Å². The third kappa shape index (κ3) is 5.14. The Morgan fingerprint density at radius 3 is 2.20 bits per heavy atom. The van der Waals surface area contributed by atoms with Crippen LogP contribution in [0.15, 0.2) is 40.3 Å². The Labute approximate surface area is 182 Å². The maximum Gasteiger partial charge on any atom is 0.206 e. The summed E-state index contributed by atoms with van der Waals surface area (Å²) in [5, 5.41) is 7.14. The molecule has 0 radical (unpaired) electrons. The second-order valence-corrected chi connectivity index (χ2v) is 8.03. The molecule has 162 valence electrons. The molecule has 0 unspecified atom stereocenters. The molecule has 0 bridgehead atoms. The van der Waals surface area contributed by atoms with E-state index in [9.17, 15) is 0 Å². The summed E-state index contributed by atoms with van der Waals surface area (Å²) >= 11 is 1.57. The topological polar surface area (TPSA) is 57.3 Å². The molecule has 0 aliphatic heterocycles. The van der Waals surface area contributed by atoms with E-state index < -0.39 is 0 Å². The zero-order valence-electron chi connectivity index (χ0n) is 18.1. The summed E-state index contributed by atoms with van der Waals surface area (Å²) in [6, 6.07) is 3.91. The molecule has 0 spiro atoms. The molecule has 1 saturated carbocycles. The van der Waals surface area contributed by atoms with Crippen LogP contribution in [-0.2, 0) is 0 Å². The molecule has 0 N–H and O–H groups in total. The fourth-order valence-electron chi connectivity index (χ4n) is 3.63. The first-order chi connectivity index (χ1) is 14.7. The number of methoxy groups -OCH3 is 3. The average Bonchev–Trinajstić information content (AvgIpc) is 3.15. The summed E-state index contributed by atoms with van der Waals surface area (Å²) in [4.78, 5) is 5.52. The first-order valence-electron chi connectivity index (χ1n) is 10.4. The zero-order valence-corrected chi connectivity index (χ0v) is 19.0.